The quantitative estimate of drug-likeness (QED) is 0.566. The van der Waals surface area contributed by atoms with Gasteiger partial charge in [0.15, 0.2) is 6.29 Å². The molecule has 156 valence electrons. The van der Waals surface area contributed by atoms with Gasteiger partial charge in [-0.1, -0.05) is 0 Å². The normalized spacial score (nSPS) is 11.9. The van der Waals surface area contributed by atoms with Gasteiger partial charge < -0.3 is 13.9 Å². The van der Waals surface area contributed by atoms with Crippen molar-refractivity contribution in [2.24, 2.45) is 0 Å². The van der Waals surface area contributed by atoms with Gasteiger partial charge in [-0.15, -0.1) is 0 Å². The van der Waals surface area contributed by atoms with Gasteiger partial charge in [-0.05, 0) is 59.7 Å². The van der Waals surface area contributed by atoms with Crippen LogP contribution in [0.25, 0.3) is 11.0 Å². The van der Waals surface area contributed by atoms with E-state index < -0.39 is 35.4 Å². The van der Waals surface area contributed by atoms with Crippen molar-refractivity contribution in [3.8, 4) is 0 Å². The number of hydrogen-bond donors (Lipinski definition) is 0. The number of amides is 2. The van der Waals surface area contributed by atoms with Crippen molar-refractivity contribution in [3.05, 3.63) is 40.2 Å². The van der Waals surface area contributed by atoms with Gasteiger partial charge in [0.1, 0.15) is 17.8 Å². The first-order chi connectivity index (χ1) is 13.3. The average molecular weight is 403 g/mol. The molecule has 0 N–H and O–H groups in total. The van der Waals surface area contributed by atoms with Crippen LogP contribution >= 0.6 is 0 Å². The molecule has 1 aromatic heterocycles. The summed E-state index contributed by atoms with van der Waals surface area (Å²) in [6.07, 6.45) is -0.461. The van der Waals surface area contributed by atoms with Gasteiger partial charge in [0.05, 0.1) is 11.3 Å². The first-order valence-corrected chi connectivity index (χ1v) is 9.04. The van der Waals surface area contributed by atoms with Crippen LogP contribution in [-0.4, -0.2) is 36.1 Å². The molecule has 0 saturated heterocycles. The molecular formula is C21H25NO7. The topological polar surface area (TPSA) is 103 Å². The lowest BCUT2D eigenvalue weighted by atomic mass is 10.1. The molecule has 0 bridgehead atoms. The fourth-order valence-electron chi connectivity index (χ4n) is 2.46. The van der Waals surface area contributed by atoms with E-state index in [9.17, 15) is 19.2 Å². The summed E-state index contributed by atoms with van der Waals surface area (Å²) in [6.45, 7) is 9.84. The lowest BCUT2D eigenvalue weighted by molar-refractivity contribution is -0.127. The molecule has 0 aliphatic carbocycles. The summed E-state index contributed by atoms with van der Waals surface area (Å²) in [4.78, 5) is 49.9. The molecule has 1 heterocycles. The summed E-state index contributed by atoms with van der Waals surface area (Å²) in [6, 6.07) is 5.32. The number of hydrogen-bond acceptors (Lipinski definition) is 7. The Morgan fingerprint density at radius 3 is 2.24 bits per heavy atom. The Labute approximate surface area is 168 Å². The molecule has 0 aliphatic heterocycles. The van der Waals surface area contributed by atoms with Crippen LogP contribution in [0.5, 0.6) is 0 Å². The van der Waals surface area contributed by atoms with Crippen molar-refractivity contribution in [2.45, 2.75) is 52.7 Å². The number of nitrogens with zero attached hydrogens (tertiary/aromatic N) is 1. The van der Waals surface area contributed by atoms with E-state index in [2.05, 4.69) is 0 Å². The summed E-state index contributed by atoms with van der Waals surface area (Å²) in [5.74, 6) is -0.726. The molecule has 0 spiro atoms. The molecule has 0 fully saturated rings. The van der Waals surface area contributed by atoms with Gasteiger partial charge in [-0.3, -0.25) is 9.59 Å². The summed E-state index contributed by atoms with van der Waals surface area (Å²) in [5, 5.41) is 0.240. The second kappa shape index (κ2) is 8.16. The first kappa shape index (κ1) is 22.3. The second-order valence-corrected chi connectivity index (χ2v) is 8.40. The molecular weight excluding hydrogens is 378 g/mol. The van der Waals surface area contributed by atoms with E-state index in [0.29, 0.717) is 6.29 Å². The van der Waals surface area contributed by atoms with Crippen molar-refractivity contribution < 1.29 is 28.3 Å². The average Bonchev–Trinajstić information content (AvgIpc) is 2.57. The van der Waals surface area contributed by atoms with Gasteiger partial charge in [-0.2, -0.15) is 0 Å². The molecule has 0 aliphatic rings. The third-order valence-electron chi connectivity index (χ3n) is 3.61. The number of carbonyl (C=O) groups is 3. The Bertz CT molecular complexity index is 993. The van der Waals surface area contributed by atoms with Gasteiger partial charge in [0.25, 0.3) is 5.91 Å². The predicted octanol–water partition coefficient (Wildman–Crippen LogP) is 3.69. The van der Waals surface area contributed by atoms with Crippen LogP contribution in [0.4, 0.5) is 10.5 Å². The highest BCUT2D eigenvalue weighted by molar-refractivity contribution is 6.19. The van der Waals surface area contributed by atoms with Crippen LogP contribution in [0, 0.1) is 0 Å². The number of carbonyl (C=O) groups excluding carboxylic acids is 3. The second-order valence-electron chi connectivity index (χ2n) is 8.40. The van der Waals surface area contributed by atoms with Gasteiger partial charge in [0.2, 0.25) is 0 Å². The summed E-state index contributed by atoms with van der Waals surface area (Å²) < 4.78 is 16.0. The zero-order valence-electron chi connectivity index (χ0n) is 17.4. The number of imide groups is 1. The Hall–Kier alpha value is -3.00. The SMILES string of the molecule is CC(C)(C)OCC(=O)N(C(=O)OC(C)(C)C)c1c(C=O)ccc2oc(=O)ccc12. The van der Waals surface area contributed by atoms with Crippen LogP contribution in [0.15, 0.2) is 33.5 Å². The maximum Gasteiger partial charge on any atom is 0.421 e. The molecule has 2 amide bonds. The van der Waals surface area contributed by atoms with E-state index in [1.165, 1.54) is 18.2 Å². The van der Waals surface area contributed by atoms with E-state index in [-0.39, 0.29) is 22.2 Å². The Balaban J connectivity index is 2.67. The highest BCUT2D eigenvalue weighted by Crippen LogP contribution is 2.31. The Morgan fingerprint density at radius 2 is 1.69 bits per heavy atom. The molecule has 0 atom stereocenters. The molecule has 8 heteroatoms. The highest BCUT2D eigenvalue weighted by Gasteiger charge is 2.33. The lowest BCUT2D eigenvalue weighted by Gasteiger charge is -2.28. The minimum Gasteiger partial charge on any atom is -0.443 e. The van der Waals surface area contributed by atoms with Crippen LogP contribution in [0.3, 0.4) is 0 Å². The van der Waals surface area contributed by atoms with Gasteiger partial charge in [-0.25, -0.2) is 14.5 Å². The summed E-state index contributed by atoms with van der Waals surface area (Å²) in [5.41, 5.74) is -1.98. The first-order valence-electron chi connectivity index (χ1n) is 9.04. The standard InChI is InChI=1S/C21H25NO7/c1-20(2,3)27-12-16(24)22(19(26)29-21(4,5)6)18-13(11-23)7-9-15-14(18)8-10-17(25)28-15/h7-11H,12H2,1-6H3. The molecule has 0 radical (unpaired) electrons. The molecule has 0 unspecified atom stereocenters. The molecule has 2 rings (SSSR count). The van der Waals surface area contributed by atoms with E-state index in [0.717, 1.165) is 11.0 Å². The molecule has 8 nitrogen and oxygen atoms in total. The highest BCUT2D eigenvalue weighted by atomic mass is 16.6. The summed E-state index contributed by atoms with van der Waals surface area (Å²) in [7, 11) is 0. The minimum atomic E-state index is -0.971. The van der Waals surface area contributed by atoms with Crippen LogP contribution < -0.4 is 10.5 Å². The Morgan fingerprint density at radius 1 is 1.03 bits per heavy atom. The van der Waals surface area contributed by atoms with Crippen molar-refractivity contribution in [1.29, 1.82) is 0 Å². The maximum absolute atomic E-state index is 13.0. The minimum absolute atomic E-state index is 0.0296. The fourth-order valence-corrected chi connectivity index (χ4v) is 2.46. The largest absolute Gasteiger partial charge is 0.443 e. The number of fused-ring (bicyclic) bond motifs is 1. The number of rotatable bonds is 4. The number of anilines is 1. The predicted molar refractivity (Wildman–Crippen MR) is 107 cm³/mol. The number of benzene rings is 1. The zero-order valence-corrected chi connectivity index (χ0v) is 17.4. The van der Waals surface area contributed by atoms with Gasteiger partial charge >= 0.3 is 11.7 Å². The maximum atomic E-state index is 13.0. The number of aldehydes is 1. The Kier molecular flexibility index (Phi) is 6.27. The molecule has 29 heavy (non-hydrogen) atoms. The molecule has 1 aromatic carbocycles. The van der Waals surface area contributed by atoms with Crippen molar-refractivity contribution in [2.75, 3.05) is 11.5 Å². The lowest BCUT2D eigenvalue weighted by Crippen LogP contribution is -2.44. The van der Waals surface area contributed by atoms with E-state index in [1.807, 2.05) is 0 Å². The van der Waals surface area contributed by atoms with Crippen LogP contribution in [0.2, 0.25) is 0 Å². The van der Waals surface area contributed by atoms with Crippen molar-refractivity contribution in [1.82, 2.24) is 0 Å². The van der Waals surface area contributed by atoms with E-state index in [4.69, 9.17) is 13.9 Å². The van der Waals surface area contributed by atoms with Crippen molar-refractivity contribution in [3.63, 3.8) is 0 Å². The van der Waals surface area contributed by atoms with E-state index >= 15 is 0 Å². The van der Waals surface area contributed by atoms with Gasteiger partial charge in [0, 0.05) is 17.0 Å². The third kappa shape index (κ3) is 5.74. The van der Waals surface area contributed by atoms with E-state index in [1.54, 1.807) is 41.5 Å². The third-order valence-corrected chi connectivity index (χ3v) is 3.61. The number of ether oxygens (including phenoxy) is 2. The molecule has 2 aromatic rings. The summed E-state index contributed by atoms with van der Waals surface area (Å²) >= 11 is 0. The van der Waals surface area contributed by atoms with Crippen LogP contribution in [0.1, 0.15) is 51.9 Å². The smallest absolute Gasteiger partial charge is 0.421 e. The fraction of sp³-hybridized carbons (Fsp3) is 0.429. The molecule has 0 saturated carbocycles. The monoisotopic (exact) mass is 403 g/mol. The van der Waals surface area contributed by atoms with Crippen molar-refractivity contribution >= 4 is 34.9 Å². The zero-order chi connectivity index (χ0) is 22.0. The van der Waals surface area contributed by atoms with Crippen LogP contribution in [-0.2, 0) is 14.3 Å².